The second-order valence-electron chi connectivity index (χ2n) is 13.3. The summed E-state index contributed by atoms with van der Waals surface area (Å²) in [5, 5.41) is 9.62. The first-order valence-corrected chi connectivity index (χ1v) is 14.8. The largest absolute Gasteiger partial charge is 0.307 e. The molecule has 1 aliphatic rings. The van der Waals surface area contributed by atoms with E-state index in [2.05, 4.69) is 111 Å². The van der Waals surface area contributed by atoms with Crippen molar-refractivity contribution >= 4 is 59.8 Å². The Hall–Kier alpha value is -3.65. The van der Waals surface area contributed by atoms with Gasteiger partial charge in [0.25, 0.3) is 0 Å². The SMILES string of the molecule is Cc1c2ccccc2c(C(C)(C)C)c2c1c1c3c(ccc4c5cc(CC6CCCC6)ccc5n2c43)cc[n+]1C. The van der Waals surface area contributed by atoms with E-state index in [1.807, 2.05) is 0 Å². The van der Waals surface area contributed by atoms with Crippen molar-refractivity contribution in [3.05, 3.63) is 83.6 Å². The van der Waals surface area contributed by atoms with E-state index in [4.69, 9.17) is 0 Å². The third-order valence-electron chi connectivity index (χ3n) is 9.75. The number of fused-ring (bicyclic) bond motifs is 7. The number of aromatic nitrogens is 2. The molecule has 8 rings (SSSR count). The molecule has 0 unspecified atom stereocenters. The molecular weight excluding hydrogens is 472 g/mol. The number of hydrogen-bond acceptors (Lipinski definition) is 0. The first kappa shape index (κ1) is 23.3. The van der Waals surface area contributed by atoms with Crippen molar-refractivity contribution in [2.24, 2.45) is 13.0 Å². The van der Waals surface area contributed by atoms with Gasteiger partial charge in [0.1, 0.15) is 7.05 Å². The second kappa shape index (κ2) is 7.94. The highest BCUT2D eigenvalue weighted by atomic mass is 15.0. The van der Waals surface area contributed by atoms with E-state index in [-0.39, 0.29) is 5.41 Å². The number of benzene rings is 4. The molecule has 0 atom stereocenters. The quantitative estimate of drug-likeness (QED) is 0.125. The van der Waals surface area contributed by atoms with Gasteiger partial charge in [-0.05, 0) is 69.7 Å². The minimum absolute atomic E-state index is 0.0263. The van der Waals surface area contributed by atoms with Gasteiger partial charge in [0.2, 0.25) is 5.52 Å². The van der Waals surface area contributed by atoms with Gasteiger partial charge in [-0.1, -0.05) is 88.9 Å². The van der Waals surface area contributed by atoms with Gasteiger partial charge in [-0.25, -0.2) is 4.57 Å². The third kappa shape index (κ3) is 3.12. The Labute approximate surface area is 230 Å². The van der Waals surface area contributed by atoms with Crippen LogP contribution in [0.3, 0.4) is 0 Å². The van der Waals surface area contributed by atoms with Gasteiger partial charge in [-0.3, -0.25) is 0 Å². The molecule has 7 aromatic rings. The lowest BCUT2D eigenvalue weighted by Crippen LogP contribution is -2.29. The zero-order valence-electron chi connectivity index (χ0n) is 23.9. The van der Waals surface area contributed by atoms with Crippen LogP contribution in [0.4, 0.5) is 0 Å². The molecule has 39 heavy (non-hydrogen) atoms. The van der Waals surface area contributed by atoms with Crippen molar-refractivity contribution in [2.75, 3.05) is 0 Å². The Bertz CT molecular complexity index is 2100. The molecule has 0 radical (unpaired) electrons. The fourth-order valence-electron chi connectivity index (χ4n) is 8.08. The lowest BCUT2D eigenvalue weighted by atomic mass is 9.80. The molecule has 3 aromatic heterocycles. The van der Waals surface area contributed by atoms with Crippen LogP contribution in [0, 0.1) is 12.8 Å². The van der Waals surface area contributed by atoms with E-state index in [1.54, 1.807) is 0 Å². The molecule has 1 saturated carbocycles. The minimum atomic E-state index is -0.0263. The molecule has 0 bridgehead atoms. The summed E-state index contributed by atoms with van der Waals surface area (Å²) in [5.74, 6) is 0.847. The third-order valence-corrected chi connectivity index (χ3v) is 9.75. The summed E-state index contributed by atoms with van der Waals surface area (Å²) in [6.45, 7) is 9.49. The summed E-state index contributed by atoms with van der Waals surface area (Å²) in [4.78, 5) is 0. The Balaban J connectivity index is 1.66. The van der Waals surface area contributed by atoms with Crippen molar-refractivity contribution in [1.29, 1.82) is 0 Å². The predicted octanol–water partition coefficient (Wildman–Crippen LogP) is 9.31. The summed E-state index contributed by atoms with van der Waals surface area (Å²) in [6, 6.07) is 23.5. The highest BCUT2D eigenvalue weighted by Crippen LogP contribution is 2.46. The van der Waals surface area contributed by atoms with Gasteiger partial charge in [0.05, 0.1) is 27.3 Å². The van der Waals surface area contributed by atoms with E-state index < -0.39 is 0 Å². The van der Waals surface area contributed by atoms with E-state index in [0.29, 0.717) is 0 Å². The van der Waals surface area contributed by atoms with E-state index in [0.717, 1.165) is 5.92 Å². The summed E-state index contributed by atoms with van der Waals surface area (Å²) in [5.41, 5.74) is 9.73. The fraction of sp³-hybridized carbons (Fsp3) is 0.324. The predicted molar refractivity (Wildman–Crippen MR) is 166 cm³/mol. The molecule has 2 heteroatoms. The molecule has 0 N–H and O–H groups in total. The lowest BCUT2D eigenvalue weighted by Gasteiger charge is -2.26. The molecule has 3 heterocycles. The number of aryl methyl sites for hydroxylation is 2. The van der Waals surface area contributed by atoms with E-state index >= 15 is 0 Å². The van der Waals surface area contributed by atoms with Crippen LogP contribution in [0.2, 0.25) is 0 Å². The number of rotatable bonds is 2. The van der Waals surface area contributed by atoms with Crippen LogP contribution < -0.4 is 4.57 Å². The topological polar surface area (TPSA) is 8.29 Å². The molecule has 4 aromatic carbocycles. The van der Waals surface area contributed by atoms with Gasteiger partial charge in [-0.15, -0.1) is 0 Å². The first-order valence-electron chi connectivity index (χ1n) is 14.8. The molecule has 1 fully saturated rings. The standard InChI is InChI=1S/C37H37N2/c1-22-26-12-8-9-13-27(26)33(37(2,3)4)36-31(22)35-32-25(18-19-38(35)5)15-16-28-29-21-24(20-23-10-6-7-11-23)14-17-30(29)39(36)34(28)32/h8-9,12-19,21,23H,6-7,10-11,20H2,1-5H3/q+1. The van der Waals surface area contributed by atoms with Crippen molar-refractivity contribution in [1.82, 2.24) is 4.40 Å². The summed E-state index contributed by atoms with van der Waals surface area (Å²) in [6.07, 6.45) is 9.04. The molecule has 0 spiro atoms. The molecule has 2 nitrogen and oxygen atoms in total. The van der Waals surface area contributed by atoms with Crippen LogP contribution in [0.15, 0.2) is 66.9 Å². The lowest BCUT2D eigenvalue weighted by molar-refractivity contribution is -0.643. The van der Waals surface area contributed by atoms with Gasteiger partial charge < -0.3 is 4.40 Å². The zero-order chi connectivity index (χ0) is 26.6. The summed E-state index contributed by atoms with van der Waals surface area (Å²) in [7, 11) is 2.22. The highest BCUT2D eigenvalue weighted by Gasteiger charge is 2.30. The average Bonchev–Trinajstić information content (AvgIpc) is 3.54. The Morgan fingerprint density at radius 2 is 1.59 bits per heavy atom. The van der Waals surface area contributed by atoms with Crippen LogP contribution in [0.25, 0.3) is 59.8 Å². The molecular formula is C37H37N2+. The zero-order valence-corrected chi connectivity index (χ0v) is 23.9. The fourth-order valence-corrected chi connectivity index (χ4v) is 8.08. The van der Waals surface area contributed by atoms with Crippen LogP contribution in [0.5, 0.6) is 0 Å². The van der Waals surface area contributed by atoms with Crippen molar-refractivity contribution in [2.45, 2.75) is 65.2 Å². The van der Waals surface area contributed by atoms with Crippen LogP contribution in [-0.2, 0) is 18.9 Å². The maximum absolute atomic E-state index is 2.65. The van der Waals surface area contributed by atoms with E-state index in [1.165, 1.54) is 109 Å². The molecule has 0 saturated heterocycles. The molecule has 1 aliphatic carbocycles. The average molecular weight is 510 g/mol. The van der Waals surface area contributed by atoms with Gasteiger partial charge >= 0.3 is 0 Å². The summed E-state index contributed by atoms with van der Waals surface area (Å²) >= 11 is 0. The number of nitrogens with zero attached hydrogens (tertiary/aromatic N) is 2. The molecule has 194 valence electrons. The van der Waals surface area contributed by atoms with Crippen molar-refractivity contribution in [3.63, 3.8) is 0 Å². The smallest absolute Gasteiger partial charge is 0.224 e. The van der Waals surface area contributed by atoms with E-state index in [9.17, 15) is 0 Å². The second-order valence-corrected chi connectivity index (χ2v) is 13.3. The highest BCUT2D eigenvalue weighted by molar-refractivity contribution is 6.29. The van der Waals surface area contributed by atoms with Crippen LogP contribution in [0.1, 0.15) is 63.1 Å². The Morgan fingerprint density at radius 1 is 0.821 bits per heavy atom. The minimum Gasteiger partial charge on any atom is -0.307 e. The maximum atomic E-state index is 2.65. The maximum Gasteiger partial charge on any atom is 0.224 e. The normalized spacial score (nSPS) is 15.4. The monoisotopic (exact) mass is 509 g/mol. The number of hydrogen-bond donors (Lipinski definition) is 0. The van der Waals surface area contributed by atoms with Crippen molar-refractivity contribution < 1.29 is 4.57 Å². The Kier molecular flexibility index (Phi) is 4.74. The van der Waals surface area contributed by atoms with Gasteiger partial charge in [0, 0.05) is 16.8 Å². The Morgan fingerprint density at radius 3 is 2.36 bits per heavy atom. The number of pyridine rings is 2. The van der Waals surface area contributed by atoms with Crippen LogP contribution >= 0.6 is 0 Å². The first-order chi connectivity index (χ1) is 18.8. The van der Waals surface area contributed by atoms with Gasteiger partial charge in [0.15, 0.2) is 6.20 Å². The molecule has 0 aliphatic heterocycles. The van der Waals surface area contributed by atoms with Crippen molar-refractivity contribution in [3.8, 4) is 0 Å². The summed E-state index contributed by atoms with van der Waals surface area (Å²) < 4.78 is 5.01. The molecule has 0 amide bonds. The van der Waals surface area contributed by atoms with Gasteiger partial charge in [-0.2, -0.15) is 0 Å². The van der Waals surface area contributed by atoms with Crippen LogP contribution in [-0.4, -0.2) is 4.40 Å².